The third-order valence-corrected chi connectivity index (χ3v) is 0.375. The van der Waals surface area contributed by atoms with Crippen LogP contribution in [0.4, 0.5) is 0 Å². The van der Waals surface area contributed by atoms with Crippen molar-refractivity contribution in [3.63, 3.8) is 0 Å². The number of carboxylic acid groups (broad SMARTS) is 1. The molecular formula is C5H6O2. The molecule has 1 N–H and O–H groups in total. The first-order valence-corrected chi connectivity index (χ1v) is 1.79. The molecule has 0 amide bonds. The standard InChI is InChI=1S/C5H6O2/c1-2-3-4-5(6)7/h2-4H,1H2,(H,6,7)/b4-3+/i4+1. The zero-order chi connectivity index (χ0) is 5.70. The average Bonchev–Trinajstić information content (AvgIpc) is 1.61. The summed E-state index contributed by atoms with van der Waals surface area (Å²) in [5.74, 6) is -0.945. The van der Waals surface area contributed by atoms with Crippen LogP contribution in [0.25, 0.3) is 0 Å². The van der Waals surface area contributed by atoms with Crippen LogP contribution in [-0.4, -0.2) is 11.1 Å². The molecule has 0 radical (unpaired) electrons. The van der Waals surface area contributed by atoms with E-state index in [1.165, 1.54) is 12.2 Å². The molecule has 38 valence electrons. The molecule has 0 aromatic carbocycles. The fourth-order valence-electron chi connectivity index (χ4n) is 0.150. The van der Waals surface area contributed by atoms with Crippen molar-refractivity contribution < 1.29 is 9.90 Å². The Labute approximate surface area is 41.8 Å². The highest BCUT2D eigenvalue weighted by Gasteiger charge is 1.77. The van der Waals surface area contributed by atoms with Gasteiger partial charge in [0.1, 0.15) is 0 Å². The van der Waals surface area contributed by atoms with Crippen molar-refractivity contribution in [3.8, 4) is 0 Å². The SMILES string of the molecule is C=C/C=[13CH]/C(=O)O. The molecule has 0 saturated carbocycles. The smallest absolute Gasteiger partial charge is 0.328 e. The molecule has 0 atom stereocenters. The Morgan fingerprint density at radius 1 is 1.71 bits per heavy atom. The van der Waals surface area contributed by atoms with Crippen molar-refractivity contribution in [1.82, 2.24) is 0 Å². The van der Waals surface area contributed by atoms with Gasteiger partial charge in [-0.3, -0.25) is 0 Å². The van der Waals surface area contributed by atoms with Gasteiger partial charge >= 0.3 is 5.97 Å². The summed E-state index contributed by atoms with van der Waals surface area (Å²) < 4.78 is 0. The van der Waals surface area contributed by atoms with Gasteiger partial charge in [-0.25, -0.2) is 4.79 Å². The van der Waals surface area contributed by atoms with E-state index in [0.29, 0.717) is 0 Å². The lowest BCUT2D eigenvalue weighted by Crippen LogP contribution is -1.83. The normalized spacial score (nSPS) is 9.14. The van der Waals surface area contributed by atoms with Gasteiger partial charge < -0.3 is 5.11 Å². The fourth-order valence-corrected chi connectivity index (χ4v) is 0.150. The number of rotatable bonds is 2. The number of aliphatic carboxylic acids is 1. The molecule has 0 aliphatic heterocycles. The summed E-state index contributed by atoms with van der Waals surface area (Å²) in [6, 6.07) is 0. The van der Waals surface area contributed by atoms with Crippen molar-refractivity contribution in [2.45, 2.75) is 0 Å². The summed E-state index contributed by atoms with van der Waals surface area (Å²) >= 11 is 0. The van der Waals surface area contributed by atoms with Crippen LogP contribution in [0.1, 0.15) is 0 Å². The number of carboxylic acids is 1. The molecule has 0 bridgehead atoms. The molecule has 2 heteroatoms. The minimum Gasteiger partial charge on any atom is -0.478 e. The van der Waals surface area contributed by atoms with E-state index in [0.717, 1.165) is 6.08 Å². The van der Waals surface area contributed by atoms with Crippen LogP contribution in [0, 0.1) is 0 Å². The van der Waals surface area contributed by atoms with Gasteiger partial charge in [0, 0.05) is 6.08 Å². The second kappa shape index (κ2) is 3.15. The van der Waals surface area contributed by atoms with Crippen LogP contribution >= 0.6 is 0 Å². The first-order valence-electron chi connectivity index (χ1n) is 1.79. The molecule has 0 heterocycles. The van der Waals surface area contributed by atoms with Gasteiger partial charge in [-0.05, 0) is 0 Å². The number of carbonyl (C=O) groups is 1. The maximum absolute atomic E-state index is 9.62. The molecular weight excluding hydrogens is 93.0 g/mol. The minimum atomic E-state index is -0.945. The number of hydrogen-bond donors (Lipinski definition) is 1. The molecule has 0 aliphatic carbocycles. The molecule has 7 heavy (non-hydrogen) atoms. The van der Waals surface area contributed by atoms with Crippen molar-refractivity contribution >= 4 is 5.97 Å². The molecule has 0 aromatic heterocycles. The van der Waals surface area contributed by atoms with Crippen LogP contribution in [0.3, 0.4) is 0 Å². The molecule has 0 unspecified atom stereocenters. The van der Waals surface area contributed by atoms with Crippen LogP contribution in [0.2, 0.25) is 0 Å². The van der Waals surface area contributed by atoms with Gasteiger partial charge in [0.15, 0.2) is 0 Å². The van der Waals surface area contributed by atoms with Gasteiger partial charge in [0.2, 0.25) is 0 Å². The lowest BCUT2D eigenvalue weighted by molar-refractivity contribution is -0.131. The van der Waals surface area contributed by atoms with Gasteiger partial charge in [-0.15, -0.1) is 0 Å². The van der Waals surface area contributed by atoms with Gasteiger partial charge in [0.05, 0.1) is 0 Å². The van der Waals surface area contributed by atoms with Crippen LogP contribution in [0.5, 0.6) is 0 Å². The summed E-state index contributed by atoms with van der Waals surface area (Å²) in [7, 11) is 0. The van der Waals surface area contributed by atoms with E-state index >= 15 is 0 Å². The van der Waals surface area contributed by atoms with Crippen molar-refractivity contribution in [2.24, 2.45) is 0 Å². The molecule has 0 aromatic rings. The summed E-state index contributed by atoms with van der Waals surface area (Å²) in [6.45, 7) is 3.28. The lowest BCUT2D eigenvalue weighted by Gasteiger charge is -1.70. The second-order valence-corrected chi connectivity index (χ2v) is 0.933. The third-order valence-electron chi connectivity index (χ3n) is 0.375. The van der Waals surface area contributed by atoms with E-state index in [9.17, 15) is 4.79 Å². The van der Waals surface area contributed by atoms with Crippen molar-refractivity contribution in [3.05, 3.63) is 24.8 Å². The fraction of sp³-hybridized carbons (Fsp3) is 0. The maximum Gasteiger partial charge on any atom is 0.328 e. The second-order valence-electron chi connectivity index (χ2n) is 0.933. The molecule has 0 spiro atoms. The van der Waals surface area contributed by atoms with Crippen molar-refractivity contribution in [2.75, 3.05) is 0 Å². The predicted molar refractivity (Wildman–Crippen MR) is 27.0 cm³/mol. The molecule has 2 nitrogen and oxygen atoms in total. The van der Waals surface area contributed by atoms with Crippen molar-refractivity contribution in [1.29, 1.82) is 0 Å². The van der Waals surface area contributed by atoms with E-state index in [1.54, 1.807) is 0 Å². The Morgan fingerprint density at radius 3 is 2.43 bits per heavy atom. The highest BCUT2D eigenvalue weighted by atomic mass is 16.4. The Morgan fingerprint density at radius 2 is 2.29 bits per heavy atom. The van der Waals surface area contributed by atoms with Crippen LogP contribution < -0.4 is 0 Å². The molecule has 0 fully saturated rings. The highest BCUT2D eigenvalue weighted by molar-refractivity contribution is 5.79. The van der Waals surface area contributed by atoms with E-state index in [1.807, 2.05) is 0 Å². The van der Waals surface area contributed by atoms with E-state index in [-0.39, 0.29) is 0 Å². The topological polar surface area (TPSA) is 37.3 Å². The summed E-state index contributed by atoms with van der Waals surface area (Å²) in [6.07, 6.45) is 3.80. The monoisotopic (exact) mass is 99.0 g/mol. The summed E-state index contributed by atoms with van der Waals surface area (Å²) in [5, 5.41) is 7.91. The largest absolute Gasteiger partial charge is 0.478 e. The highest BCUT2D eigenvalue weighted by Crippen LogP contribution is 1.70. The average molecular weight is 99.1 g/mol. The quantitative estimate of drug-likeness (QED) is 0.316. The van der Waals surface area contributed by atoms with Crippen LogP contribution in [-0.2, 0) is 4.79 Å². The zero-order valence-electron chi connectivity index (χ0n) is 3.79. The Bertz CT molecular complexity index is 103. The van der Waals surface area contributed by atoms with E-state index in [4.69, 9.17) is 5.11 Å². The van der Waals surface area contributed by atoms with Gasteiger partial charge in [-0.1, -0.05) is 18.7 Å². The maximum atomic E-state index is 9.62. The number of allylic oxidation sites excluding steroid dienone is 2. The zero-order valence-corrected chi connectivity index (χ0v) is 3.79. The van der Waals surface area contributed by atoms with E-state index in [2.05, 4.69) is 6.58 Å². The number of hydrogen-bond acceptors (Lipinski definition) is 1. The lowest BCUT2D eigenvalue weighted by atomic mass is 10.7. The summed E-state index contributed by atoms with van der Waals surface area (Å²) in [5.41, 5.74) is 0. The van der Waals surface area contributed by atoms with Gasteiger partial charge in [-0.2, -0.15) is 0 Å². The molecule has 0 saturated heterocycles. The predicted octanol–water partition coefficient (Wildman–Crippen LogP) is 0.813. The third kappa shape index (κ3) is 4.95. The first kappa shape index (κ1) is 5.95. The first-order chi connectivity index (χ1) is 3.27. The van der Waals surface area contributed by atoms with Crippen LogP contribution in [0.15, 0.2) is 24.8 Å². The minimum absolute atomic E-state index is 0.945. The summed E-state index contributed by atoms with van der Waals surface area (Å²) in [4.78, 5) is 9.62. The molecule has 0 rings (SSSR count). The Kier molecular flexibility index (Phi) is 2.68. The van der Waals surface area contributed by atoms with E-state index < -0.39 is 5.97 Å². The van der Waals surface area contributed by atoms with Gasteiger partial charge in [0.25, 0.3) is 0 Å². The molecule has 0 aliphatic rings. The Hall–Kier alpha value is -1.05. The Balaban J connectivity index is 3.46.